The Morgan fingerprint density at radius 2 is 2.17 bits per heavy atom. The highest BCUT2D eigenvalue weighted by Gasteiger charge is 2.19. The maximum atomic E-state index is 4.69. The summed E-state index contributed by atoms with van der Waals surface area (Å²) >= 11 is 3.45. The second-order valence-corrected chi connectivity index (χ2v) is 6.72. The monoisotopic (exact) mass is 276 g/mol. The van der Waals surface area contributed by atoms with Crippen molar-refractivity contribution < 1.29 is 0 Å². The molecule has 0 spiro atoms. The summed E-state index contributed by atoms with van der Waals surface area (Å²) in [5.41, 5.74) is 1.31. The molecule has 1 aliphatic carbocycles. The first-order chi connectivity index (χ1) is 8.81. The summed E-state index contributed by atoms with van der Waals surface area (Å²) in [4.78, 5) is 7.38. The molecular formula is C14H16N2S2. The lowest BCUT2D eigenvalue weighted by Gasteiger charge is -2.15. The van der Waals surface area contributed by atoms with Crippen molar-refractivity contribution in [3.8, 4) is 0 Å². The van der Waals surface area contributed by atoms with Crippen LogP contribution in [0.5, 0.6) is 0 Å². The molecule has 0 saturated carbocycles. The summed E-state index contributed by atoms with van der Waals surface area (Å²) in [6.07, 6.45) is 3.62. The maximum absolute atomic E-state index is 4.69. The number of hydrogen-bond acceptors (Lipinski definition) is 4. The van der Waals surface area contributed by atoms with Crippen LogP contribution in [0.4, 0.5) is 5.13 Å². The van der Waals surface area contributed by atoms with E-state index in [1.54, 1.807) is 11.9 Å². The smallest absolute Gasteiger partial charge is 0.193 e. The third-order valence-electron chi connectivity index (χ3n) is 3.19. The van der Waals surface area contributed by atoms with Crippen LogP contribution >= 0.6 is 23.3 Å². The fourth-order valence-electron chi connectivity index (χ4n) is 2.17. The zero-order chi connectivity index (χ0) is 12.4. The SMILES string of the molecule is CC1CCc2nc(NSc3ccccc3)sc2C1. The Balaban J connectivity index is 1.67. The molecule has 18 heavy (non-hydrogen) atoms. The molecule has 2 nitrogen and oxygen atoms in total. The Hall–Kier alpha value is -1.00. The topological polar surface area (TPSA) is 24.9 Å². The van der Waals surface area contributed by atoms with Gasteiger partial charge in [-0.05, 0) is 49.3 Å². The van der Waals surface area contributed by atoms with Gasteiger partial charge in [0, 0.05) is 9.77 Å². The zero-order valence-electron chi connectivity index (χ0n) is 10.3. The Morgan fingerprint density at radius 3 is 3.00 bits per heavy atom. The molecule has 4 heteroatoms. The summed E-state index contributed by atoms with van der Waals surface area (Å²) in [7, 11) is 0. The van der Waals surface area contributed by atoms with Crippen LogP contribution in [0, 0.1) is 5.92 Å². The molecule has 0 saturated heterocycles. The largest absolute Gasteiger partial charge is 0.302 e. The average Bonchev–Trinajstić information content (AvgIpc) is 2.79. The van der Waals surface area contributed by atoms with Crippen molar-refractivity contribution in [2.45, 2.75) is 31.1 Å². The molecule has 1 heterocycles. The third kappa shape index (κ3) is 2.70. The molecule has 1 aromatic carbocycles. The summed E-state index contributed by atoms with van der Waals surface area (Å²) in [6.45, 7) is 2.33. The molecule has 0 amide bonds. The summed E-state index contributed by atoms with van der Waals surface area (Å²) < 4.78 is 3.36. The average molecular weight is 276 g/mol. The summed E-state index contributed by atoms with van der Waals surface area (Å²) in [6, 6.07) is 10.4. The van der Waals surface area contributed by atoms with Crippen LogP contribution < -0.4 is 4.72 Å². The highest BCUT2D eigenvalue weighted by molar-refractivity contribution is 8.00. The number of rotatable bonds is 3. The minimum absolute atomic E-state index is 0.813. The van der Waals surface area contributed by atoms with E-state index in [1.807, 2.05) is 17.4 Å². The van der Waals surface area contributed by atoms with Gasteiger partial charge in [0.1, 0.15) is 0 Å². The highest BCUT2D eigenvalue weighted by Crippen LogP contribution is 2.33. The van der Waals surface area contributed by atoms with E-state index >= 15 is 0 Å². The standard InChI is InChI=1S/C14H16N2S2/c1-10-7-8-12-13(9-10)17-14(15-12)16-18-11-5-3-2-4-6-11/h2-6,10H,7-9H2,1H3,(H,15,16). The van der Waals surface area contributed by atoms with E-state index in [0.717, 1.165) is 17.5 Å². The van der Waals surface area contributed by atoms with Crippen molar-refractivity contribution in [2.75, 3.05) is 4.72 Å². The molecule has 1 N–H and O–H groups in total. The maximum Gasteiger partial charge on any atom is 0.193 e. The molecule has 1 aliphatic rings. The van der Waals surface area contributed by atoms with Gasteiger partial charge in [-0.1, -0.05) is 25.1 Å². The van der Waals surface area contributed by atoms with Crippen molar-refractivity contribution in [3.05, 3.63) is 40.9 Å². The number of hydrogen-bond donors (Lipinski definition) is 1. The van der Waals surface area contributed by atoms with Crippen LogP contribution in [0.2, 0.25) is 0 Å². The van der Waals surface area contributed by atoms with Crippen LogP contribution in [-0.2, 0) is 12.8 Å². The quantitative estimate of drug-likeness (QED) is 0.842. The summed E-state index contributed by atoms with van der Waals surface area (Å²) in [5.74, 6) is 0.813. The van der Waals surface area contributed by atoms with Gasteiger partial charge in [0.25, 0.3) is 0 Å². The lowest BCUT2D eigenvalue weighted by Crippen LogP contribution is -2.09. The van der Waals surface area contributed by atoms with Crippen molar-refractivity contribution in [2.24, 2.45) is 5.92 Å². The number of benzene rings is 1. The van der Waals surface area contributed by atoms with E-state index in [4.69, 9.17) is 0 Å². The molecule has 2 aromatic rings. The number of anilines is 1. The number of nitrogens with zero attached hydrogens (tertiary/aromatic N) is 1. The van der Waals surface area contributed by atoms with E-state index in [-0.39, 0.29) is 0 Å². The van der Waals surface area contributed by atoms with Gasteiger partial charge >= 0.3 is 0 Å². The number of nitrogens with one attached hydrogen (secondary N) is 1. The van der Waals surface area contributed by atoms with Gasteiger partial charge in [0.15, 0.2) is 5.13 Å². The second kappa shape index (κ2) is 5.33. The third-order valence-corrected chi connectivity index (χ3v) is 5.15. The number of aromatic nitrogens is 1. The number of aryl methyl sites for hydroxylation is 1. The highest BCUT2D eigenvalue weighted by atomic mass is 32.2. The van der Waals surface area contributed by atoms with E-state index < -0.39 is 0 Å². The number of thiazole rings is 1. The molecule has 0 aliphatic heterocycles. The van der Waals surface area contributed by atoms with Crippen LogP contribution in [0.25, 0.3) is 0 Å². The molecule has 1 unspecified atom stereocenters. The first kappa shape index (κ1) is 12.1. The molecule has 94 valence electrons. The van der Waals surface area contributed by atoms with Crippen molar-refractivity contribution >= 4 is 28.4 Å². The van der Waals surface area contributed by atoms with Crippen molar-refractivity contribution in [1.29, 1.82) is 0 Å². The predicted molar refractivity (Wildman–Crippen MR) is 79.2 cm³/mol. The van der Waals surface area contributed by atoms with E-state index in [1.165, 1.54) is 28.3 Å². The van der Waals surface area contributed by atoms with Crippen LogP contribution in [0.15, 0.2) is 35.2 Å². The normalized spacial score (nSPS) is 18.4. The molecular weight excluding hydrogens is 260 g/mol. The van der Waals surface area contributed by atoms with Crippen molar-refractivity contribution in [1.82, 2.24) is 4.98 Å². The van der Waals surface area contributed by atoms with Gasteiger partial charge in [-0.2, -0.15) is 0 Å². The van der Waals surface area contributed by atoms with Crippen LogP contribution in [0.1, 0.15) is 23.9 Å². The van der Waals surface area contributed by atoms with Crippen LogP contribution in [-0.4, -0.2) is 4.98 Å². The lowest BCUT2D eigenvalue weighted by atomic mass is 9.93. The predicted octanol–water partition coefficient (Wildman–Crippen LogP) is 4.39. The van der Waals surface area contributed by atoms with Gasteiger partial charge in [-0.3, -0.25) is 0 Å². The molecule has 3 rings (SSSR count). The molecule has 0 bridgehead atoms. The van der Waals surface area contributed by atoms with Crippen molar-refractivity contribution in [3.63, 3.8) is 0 Å². The van der Waals surface area contributed by atoms with Crippen LogP contribution in [0.3, 0.4) is 0 Å². The molecule has 0 fully saturated rings. The fraction of sp³-hybridized carbons (Fsp3) is 0.357. The van der Waals surface area contributed by atoms with Gasteiger partial charge in [0.05, 0.1) is 5.69 Å². The first-order valence-corrected chi connectivity index (χ1v) is 7.91. The van der Waals surface area contributed by atoms with Gasteiger partial charge in [0.2, 0.25) is 0 Å². The van der Waals surface area contributed by atoms with Gasteiger partial charge in [-0.15, -0.1) is 11.3 Å². The Morgan fingerprint density at radius 1 is 1.33 bits per heavy atom. The summed E-state index contributed by atoms with van der Waals surface area (Å²) in [5, 5.41) is 1.04. The fourth-order valence-corrected chi connectivity index (χ4v) is 4.03. The van der Waals surface area contributed by atoms with Gasteiger partial charge in [-0.25, -0.2) is 4.98 Å². The minimum Gasteiger partial charge on any atom is -0.302 e. The van der Waals surface area contributed by atoms with Gasteiger partial charge < -0.3 is 4.72 Å². The Bertz CT molecular complexity index is 522. The minimum atomic E-state index is 0.813. The molecule has 1 aromatic heterocycles. The number of fused-ring (bicyclic) bond motifs is 1. The second-order valence-electron chi connectivity index (χ2n) is 4.75. The Kier molecular flexibility index (Phi) is 3.57. The zero-order valence-corrected chi connectivity index (χ0v) is 12.0. The van der Waals surface area contributed by atoms with E-state index in [0.29, 0.717) is 0 Å². The van der Waals surface area contributed by atoms with E-state index in [2.05, 4.69) is 40.9 Å². The van der Waals surface area contributed by atoms with E-state index in [9.17, 15) is 0 Å². The molecule has 0 radical (unpaired) electrons. The molecule has 1 atom stereocenters. The first-order valence-electron chi connectivity index (χ1n) is 6.28. The lowest BCUT2D eigenvalue weighted by molar-refractivity contribution is 0.502. The Labute approximate surface area is 116 Å².